The second-order valence-corrected chi connectivity index (χ2v) is 2.87. The number of nitriles is 2. The predicted molar refractivity (Wildman–Crippen MR) is 47.8 cm³/mol. The lowest BCUT2D eigenvalue weighted by Crippen LogP contribution is -1.95. The van der Waals surface area contributed by atoms with Crippen molar-refractivity contribution in [2.75, 3.05) is 0 Å². The summed E-state index contributed by atoms with van der Waals surface area (Å²) < 4.78 is 0. The fraction of sp³-hybridized carbons (Fsp3) is 0.700. The monoisotopic (exact) mass is 163 g/mol. The van der Waals surface area contributed by atoms with Crippen molar-refractivity contribution in [3.05, 3.63) is 6.92 Å². The third-order valence-electron chi connectivity index (χ3n) is 1.83. The third kappa shape index (κ3) is 5.74. The molecule has 0 rings (SSSR count). The molecule has 0 aromatic carbocycles. The Balaban J connectivity index is 3.34. The second-order valence-electron chi connectivity index (χ2n) is 2.87. The molecule has 0 amide bonds. The van der Waals surface area contributed by atoms with E-state index in [0.29, 0.717) is 6.42 Å². The molecule has 1 radical (unpaired) electrons. The van der Waals surface area contributed by atoms with Crippen LogP contribution in [-0.4, -0.2) is 0 Å². The maximum absolute atomic E-state index is 8.67. The van der Waals surface area contributed by atoms with Crippen LogP contribution < -0.4 is 0 Å². The van der Waals surface area contributed by atoms with E-state index in [1.54, 1.807) is 0 Å². The SMILES string of the molecule is [CH2]CCC(C#N)CCCCC#N. The van der Waals surface area contributed by atoms with Gasteiger partial charge in [-0.25, -0.2) is 0 Å². The van der Waals surface area contributed by atoms with Gasteiger partial charge in [0.05, 0.1) is 12.1 Å². The Morgan fingerprint density at radius 3 is 2.42 bits per heavy atom. The Bertz CT molecular complexity index is 173. The van der Waals surface area contributed by atoms with Gasteiger partial charge in [-0.3, -0.25) is 0 Å². The number of unbranched alkanes of at least 4 members (excludes halogenated alkanes) is 2. The van der Waals surface area contributed by atoms with Gasteiger partial charge in [-0.05, 0) is 19.3 Å². The first-order chi connectivity index (χ1) is 5.85. The topological polar surface area (TPSA) is 47.6 Å². The van der Waals surface area contributed by atoms with Gasteiger partial charge >= 0.3 is 0 Å². The van der Waals surface area contributed by atoms with Crippen molar-refractivity contribution in [1.82, 2.24) is 0 Å². The van der Waals surface area contributed by atoms with Gasteiger partial charge < -0.3 is 0 Å². The van der Waals surface area contributed by atoms with Gasteiger partial charge in [-0.2, -0.15) is 10.5 Å². The molecular weight excluding hydrogens is 148 g/mol. The summed E-state index contributed by atoms with van der Waals surface area (Å²) in [6.07, 6.45) is 5.17. The molecule has 0 aliphatic heterocycles. The molecule has 0 spiro atoms. The minimum atomic E-state index is 0.154. The second kappa shape index (κ2) is 8.08. The molecule has 2 heteroatoms. The van der Waals surface area contributed by atoms with Crippen LogP contribution in [0.3, 0.4) is 0 Å². The lowest BCUT2D eigenvalue weighted by molar-refractivity contribution is 0.525. The van der Waals surface area contributed by atoms with Crippen molar-refractivity contribution in [3.63, 3.8) is 0 Å². The zero-order chi connectivity index (χ0) is 9.23. The predicted octanol–water partition coefficient (Wildman–Crippen LogP) is 2.82. The van der Waals surface area contributed by atoms with E-state index in [4.69, 9.17) is 10.5 Å². The first-order valence-electron chi connectivity index (χ1n) is 4.41. The molecule has 0 N–H and O–H groups in total. The van der Waals surface area contributed by atoms with Gasteiger partial charge in [-0.1, -0.05) is 19.8 Å². The zero-order valence-electron chi connectivity index (χ0n) is 7.42. The summed E-state index contributed by atoms with van der Waals surface area (Å²) in [5, 5.41) is 16.9. The normalized spacial score (nSPS) is 11.6. The van der Waals surface area contributed by atoms with Crippen molar-refractivity contribution in [2.45, 2.75) is 38.5 Å². The summed E-state index contributed by atoms with van der Waals surface area (Å²) in [6.45, 7) is 3.71. The summed E-state index contributed by atoms with van der Waals surface area (Å²) >= 11 is 0. The van der Waals surface area contributed by atoms with Crippen LogP contribution in [0.1, 0.15) is 38.5 Å². The maximum atomic E-state index is 8.67. The van der Waals surface area contributed by atoms with E-state index in [-0.39, 0.29) is 5.92 Å². The molecule has 65 valence electrons. The first-order valence-corrected chi connectivity index (χ1v) is 4.41. The Kier molecular flexibility index (Phi) is 7.39. The highest BCUT2D eigenvalue weighted by molar-refractivity contribution is 4.82. The molecule has 0 saturated heterocycles. The van der Waals surface area contributed by atoms with Crippen LogP contribution >= 0.6 is 0 Å². The van der Waals surface area contributed by atoms with Crippen LogP contribution in [0.2, 0.25) is 0 Å². The van der Waals surface area contributed by atoms with Crippen LogP contribution in [0.4, 0.5) is 0 Å². The van der Waals surface area contributed by atoms with E-state index in [1.807, 2.05) is 0 Å². The molecule has 2 nitrogen and oxygen atoms in total. The average Bonchev–Trinajstić information content (AvgIpc) is 2.10. The Labute approximate surface area is 74.8 Å². The van der Waals surface area contributed by atoms with Crippen molar-refractivity contribution in [2.24, 2.45) is 5.92 Å². The van der Waals surface area contributed by atoms with E-state index < -0.39 is 0 Å². The van der Waals surface area contributed by atoms with Gasteiger partial charge in [0.15, 0.2) is 0 Å². The molecule has 12 heavy (non-hydrogen) atoms. The smallest absolute Gasteiger partial charge is 0.0655 e. The molecular formula is C10H15N2. The first kappa shape index (κ1) is 11.0. The fourth-order valence-electron chi connectivity index (χ4n) is 1.11. The van der Waals surface area contributed by atoms with Crippen LogP contribution in [-0.2, 0) is 0 Å². The lowest BCUT2D eigenvalue weighted by atomic mass is 9.98. The number of hydrogen-bond donors (Lipinski definition) is 0. The molecule has 0 aliphatic rings. The summed E-state index contributed by atoms with van der Waals surface area (Å²) in [7, 11) is 0. The third-order valence-corrected chi connectivity index (χ3v) is 1.83. The Morgan fingerprint density at radius 2 is 1.92 bits per heavy atom. The molecule has 0 aliphatic carbocycles. The summed E-state index contributed by atoms with van der Waals surface area (Å²) in [5.74, 6) is 0.154. The van der Waals surface area contributed by atoms with Crippen LogP contribution in [0.25, 0.3) is 0 Å². The average molecular weight is 163 g/mol. The highest BCUT2D eigenvalue weighted by atomic mass is 14.3. The van der Waals surface area contributed by atoms with Crippen molar-refractivity contribution in [1.29, 1.82) is 10.5 Å². The number of hydrogen-bond acceptors (Lipinski definition) is 2. The van der Waals surface area contributed by atoms with Crippen LogP contribution in [0.5, 0.6) is 0 Å². The lowest BCUT2D eigenvalue weighted by Gasteiger charge is -2.04. The van der Waals surface area contributed by atoms with Crippen LogP contribution in [0, 0.1) is 35.5 Å². The minimum absolute atomic E-state index is 0.154. The van der Waals surface area contributed by atoms with Crippen molar-refractivity contribution in [3.8, 4) is 12.1 Å². The number of rotatable bonds is 6. The Morgan fingerprint density at radius 1 is 1.17 bits per heavy atom. The summed E-state index contributed by atoms with van der Waals surface area (Å²) in [5.41, 5.74) is 0. The molecule has 0 saturated carbocycles. The van der Waals surface area contributed by atoms with Crippen molar-refractivity contribution < 1.29 is 0 Å². The zero-order valence-corrected chi connectivity index (χ0v) is 7.42. The van der Waals surface area contributed by atoms with Gasteiger partial charge in [0.25, 0.3) is 0 Å². The highest BCUT2D eigenvalue weighted by Crippen LogP contribution is 2.13. The van der Waals surface area contributed by atoms with E-state index in [2.05, 4.69) is 19.1 Å². The van der Waals surface area contributed by atoms with Gasteiger partial charge in [-0.15, -0.1) is 0 Å². The molecule has 0 aromatic rings. The Hall–Kier alpha value is -1.02. The molecule has 0 bridgehead atoms. The molecule has 0 fully saturated rings. The molecule has 1 unspecified atom stereocenters. The van der Waals surface area contributed by atoms with E-state index >= 15 is 0 Å². The summed E-state index contributed by atoms with van der Waals surface area (Å²) in [4.78, 5) is 0. The number of nitrogens with zero attached hydrogens (tertiary/aromatic N) is 2. The standard InChI is InChI=1S/C10H15N2/c1-2-6-10(9-12)7-4-3-5-8-11/h10H,1-7H2. The van der Waals surface area contributed by atoms with E-state index in [1.165, 1.54) is 0 Å². The molecule has 0 heterocycles. The summed E-state index contributed by atoms with van der Waals surface area (Å²) in [6, 6.07) is 4.35. The minimum Gasteiger partial charge on any atom is -0.198 e. The van der Waals surface area contributed by atoms with E-state index in [0.717, 1.165) is 32.1 Å². The van der Waals surface area contributed by atoms with Crippen LogP contribution in [0.15, 0.2) is 0 Å². The maximum Gasteiger partial charge on any atom is 0.0655 e. The van der Waals surface area contributed by atoms with Gasteiger partial charge in [0.1, 0.15) is 0 Å². The largest absolute Gasteiger partial charge is 0.198 e. The fourth-order valence-corrected chi connectivity index (χ4v) is 1.11. The van der Waals surface area contributed by atoms with E-state index in [9.17, 15) is 0 Å². The van der Waals surface area contributed by atoms with Gasteiger partial charge in [0, 0.05) is 12.3 Å². The van der Waals surface area contributed by atoms with Gasteiger partial charge in [0.2, 0.25) is 0 Å². The highest BCUT2D eigenvalue weighted by Gasteiger charge is 2.04. The molecule has 1 atom stereocenters. The molecule has 0 aromatic heterocycles. The quantitative estimate of drug-likeness (QED) is 0.565. The van der Waals surface area contributed by atoms with Crippen molar-refractivity contribution >= 4 is 0 Å².